The minimum atomic E-state index is 0.216. The highest BCUT2D eigenvalue weighted by molar-refractivity contribution is 4.89. The van der Waals surface area contributed by atoms with Crippen molar-refractivity contribution in [3.05, 3.63) is 0 Å². The average molecular weight is 209 g/mol. The van der Waals surface area contributed by atoms with Crippen molar-refractivity contribution < 1.29 is 0 Å². The Morgan fingerprint density at radius 2 is 1.87 bits per heavy atom. The number of unbranched alkanes of at least 4 members (excludes halogenated alkanes) is 2. The van der Waals surface area contributed by atoms with Crippen molar-refractivity contribution >= 4 is 0 Å². The quantitative estimate of drug-likeness (QED) is 0.454. The van der Waals surface area contributed by atoms with Crippen molar-refractivity contribution in [2.75, 3.05) is 0 Å². The molecular formula is C14H27N. The summed E-state index contributed by atoms with van der Waals surface area (Å²) in [6, 6.07) is 0.216. The minimum Gasteiger partial charge on any atom is -0.327 e. The summed E-state index contributed by atoms with van der Waals surface area (Å²) in [5, 5.41) is 0. The zero-order valence-electron chi connectivity index (χ0n) is 10.5. The van der Waals surface area contributed by atoms with Gasteiger partial charge in [-0.2, -0.15) is 0 Å². The predicted molar refractivity (Wildman–Crippen MR) is 68.6 cm³/mol. The van der Waals surface area contributed by atoms with Gasteiger partial charge in [0.05, 0.1) is 0 Å². The van der Waals surface area contributed by atoms with Crippen molar-refractivity contribution in [1.82, 2.24) is 0 Å². The van der Waals surface area contributed by atoms with Gasteiger partial charge in [0.2, 0.25) is 0 Å². The molecule has 0 bridgehead atoms. The van der Waals surface area contributed by atoms with Gasteiger partial charge >= 0.3 is 0 Å². The van der Waals surface area contributed by atoms with E-state index in [1.54, 1.807) is 0 Å². The fraction of sp³-hybridized carbons (Fsp3) is 0.857. The van der Waals surface area contributed by atoms with E-state index in [4.69, 9.17) is 12.2 Å². The third-order valence-corrected chi connectivity index (χ3v) is 2.93. The number of hydrogen-bond acceptors (Lipinski definition) is 1. The van der Waals surface area contributed by atoms with Crippen LogP contribution < -0.4 is 5.73 Å². The highest BCUT2D eigenvalue weighted by Crippen LogP contribution is 2.21. The van der Waals surface area contributed by atoms with Gasteiger partial charge in [0, 0.05) is 12.5 Å². The van der Waals surface area contributed by atoms with E-state index in [9.17, 15) is 0 Å². The van der Waals surface area contributed by atoms with E-state index in [0.29, 0.717) is 0 Å². The molecule has 1 nitrogen and oxygen atoms in total. The highest BCUT2D eigenvalue weighted by atomic mass is 14.6. The Bertz CT molecular complexity index is 169. The van der Waals surface area contributed by atoms with Crippen molar-refractivity contribution in [3.63, 3.8) is 0 Å². The van der Waals surface area contributed by atoms with Crippen LogP contribution in [0.25, 0.3) is 0 Å². The van der Waals surface area contributed by atoms with Crippen LogP contribution in [0.3, 0.4) is 0 Å². The SMILES string of the molecule is C#CCC(N)CC(CCC)CCCCC. The van der Waals surface area contributed by atoms with E-state index in [0.717, 1.165) is 18.8 Å². The number of rotatable bonds is 9. The van der Waals surface area contributed by atoms with Crippen LogP contribution in [0.1, 0.15) is 65.2 Å². The lowest BCUT2D eigenvalue weighted by molar-refractivity contribution is 0.368. The third-order valence-electron chi connectivity index (χ3n) is 2.93. The van der Waals surface area contributed by atoms with E-state index in [1.165, 1.54) is 38.5 Å². The number of nitrogens with two attached hydrogens (primary N) is 1. The Hall–Kier alpha value is -0.480. The molecule has 2 atom stereocenters. The highest BCUT2D eigenvalue weighted by Gasteiger charge is 2.11. The van der Waals surface area contributed by atoms with Gasteiger partial charge in [0.15, 0.2) is 0 Å². The lowest BCUT2D eigenvalue weighted by Crippen LogP contribution is -2.23. The van der Waals surface area contributed by atoms with Crippen LogP contribution in [-0.2, 0) is 0 Å². The second-order valence-electron chi connectivity index (χ2n) is 4.55. The maximum atomic E-state index is 5.98. The summed E-state index contributed by atoms with van der Waals surface area (Å²) in [6.45, 7) is 4.50. The second-order valence-corrected chi connectivity index (χ2v) is 4.55. The van der Waals surface area contributed by atoms with Gasteiger partial charge < -0.3 is 5.73 Å². The Morgan fingerprint density at radius 3 is 2.40 bits per heavy atom. The van der Waals surface area contributed by atoms with E-state index < -0.39 is 0 Å². The number of terminal acetylenes is 1. The van der Waals surface area contributed by atoms with Crippen LogP contribution >= 0.6 is 0 Å². The van der Waals surface area contributed by atoms with Crippen LogP contribution in [0.2, 0.25) is 0 Å². The molecule has 0 aromatic heterocycles. The Labute approximate surface area is 95.8 Å². The molecule has 0 aromatic carbocycles. The summed E-state index contributed by atoms with van der Waals surface area (Å²) in [6.07, 6.45) is 15.0. The van der Waals surface area contributed by atoms with Crippen molar-refractivity contribution in [2.45, 2.75) is 71.3 Å². The zero-order valence-corrected chi connectivity index (χ0v) is 10.5. The first-order chi connectivity index (χ1) is 7.24. The molecule has 0 saturated heterocycles. The summed E-state index contributed by atoms with van der Waals surface area (Å²) in [7, 11) is 0. The zero-order chi connectivity index (χ0) is 11.5. The molecule has 0 fully saturated rings. The van der Waals surface area contributed by atoms with Crippen molar-refractivity contribution in [1.29, 1.82) is 0 Å². The molecule has 2 unspecified atom stereocenters. The smallest absolute Gasteiger partial charge is 0.0238 e. The minimum absolute atomic E-state index is 0.216. The first kappa shape index (κ1) is 14.5. The monoisotopic (exact) mass is 209 g/mol. The number of hydrogen-bond donors (Lipinski definition) is 1. The van der Waals surface area contributed by atoms with Crippen LogP contribution in [0.15, 0.2) is 0 Å². The molecular weight excluding hydrogens is 182 g/mol. The van der Waals surface area contributed by atoms with Crippen LogP contribution in [0.5, 0.6) is 0 Å². The molecule has 0 radical (unpaired) electrons. The van der Waals surface area contributed by atoms with Crippen LogP contribution in [-0.4, -0.2) is 6.04 Å². The van der Waals surface area contributed by atoms with Gasteiger partial charge in [-0.25, -0.2) is 0 Å². The Kier molecular flexibility index (Phi) is 9.73. The molecule has 0 aliphatic rings. The molecule has 0 saturated carbocycles. The third kappa shape index (κ3) is 8.51. The Morgan fingerprint density at radius 1 is 1.13 bits per heavy atom. The molecule has 1 heteroatoms. The summed E-state index contributed by atoms with van der Waals surface area (Å²) >= 11 is 0. The van der Waals surface area contributed by atoms with Gasteiger partial charge in [-0.05, 0) is 12.3 Å². The topological polar surface area (TPSA) is 26.0 Å². The molecule has 0 amide bonds. The molecule has 88 valence electrons. The van der Waals surface area contributed by atoms with E-state index >= 15 is 0 Å². The summed E-state index contributed by atoms with van der Waals surface area (Å²) < 4.78 is 0. The molecule has 0 spiro atoms. The summed E-state index contributed by atoms with van der Waals surface area (Å²) in [5.74, 6) is 3.45. The van der Waals surface area contributed by atoms with E-state index in [-0.39, 0.29) is 6.04 Å². The maximum Gasteiger partial charge on any atom is 0.0238 e. The Balaban J connectivity index is 3.76. The van der Waals surface area contributed by atoms with E-state index in [2.05, 4.69) is 19.8 Å². The fourth-order valence-corrected chi connectivity index (χ4v) is 2.13. The first-order valence-electron chi connectivity index (χ1n) is 6.43. The van der Waals surface area contributed by atoms with Gasteiger partial charge in [0.1, 0.15) is 0 Å². The standard InChI is InChI=1S/C14H27N/c1-4-7-8-11-13(9-5-2)12-14(15)10-6-3/h3,13-14H,4-5,7-12,15H2,1-2H3. The van der Waals surface area contributed by atoms with E-state index in [1.807, 2.05) is 0 Å². The molecule has 2 N–H and O–H groups in total. The first-order valence-corrected chi connectivity index (χ1v) is 6.43. The summed E-state index contributed by atoms with van der Waals surface area (Å²) in [5.41, 5.74) is 5.98. The summed E-state index contributed by atoms with van der Waals surface area (Å²) in [4.78, 5) is 0. The normalized spacial score (nSPS) is 14.5. The second kappa shape index (κ2) is 10.1. The largest absolute Gasteiger partial charge is 0.327 e. The molecule has 0 rings (SSSR count). The van der Waals surface area contributed by atoms with Gasteiger partial charge in [0.25, 0.3) is 0 Å². The van der Waals surface area contributed by atoms with Crippen molar-refractivity contribution in [2.24, 2.45) is 11.7 Å². The molecule has 0 heterocycles. The predicted octanol–water partition coefficient (Wildman–Crippen LogP) is 3.72. The van der Waals surface area contributed by atoms with Crippen molar-refractivity contribution in [3.8, 4) is 12.3 Å². The molecule has 15 heavy (non-hydrogen) atoms. The average Bonchev–Trinajstić information content (AvgIpc) is 2.18. The molecule has 0 aliphatic heterocycles. The lowest BCUT2D eigenvalue weighted by atomic mass is 9.89. The lowest BCUT2D eigenvalue weighted by Gasteiger charge is -2.19. The van der Waals surface area contributed by atoms with Gasteiger partial charge in [-0.3, -0.25) is 0 Å². The molecule has 0 aliphatic carbocycles. The van der Waals surface area contributed by atoms with Crippen LogP contribution in [0.4, 0.5) is 0 Å². The maximum absolute atomic E-state index is 5.98. The van der Waals surface area contributed by atoms with Gasteiger partial charge in [-0.15, -0.1) is 12.3 Å². The fourth-order valence-electron chi connectivity index (χ4n) is 2.13. The van der Waals surface area contributed by atoms with Crippen LogP contribution in [0, 0.1) is 18.3 Å². The molecule has 0 aromatic rings. The van der Waals surface area contributed by atoms with Gasteiger partial charge in [-0.1, -0.05) is 52.4 Å².